The topological polar surface area (TPSA) is 68.3 Å². The number of carbonyl (C=O) groups is 2. The number of hydrogen-bond donors (Lipinski definition) is 1. The van der Waals surface area contributed by atoms with Gasteiger partial charge in [-0.2, -0.15) is 0 Å². The Kier molecular flexibility index (Phi) is 5.59. The van der Waals surface area contributed by atoms with E-state index in [-0.39, 0.29) is 5.91 Å². The molecule has 0 saturated carbocycles. The smallest absolute Gasteiger partial charge is 0.328 e. The molecule has 0 aliphatic rings. The predicted molar refractivity (Wildman–Crippen MR) is 99.8 cm³/mol. The number of ether oxygens (including phenoxy) is 1. The van der Waals surface area contributed by atoms with Gasteiger partial charge in [-0.3, -0.25) is 9.78 Å². The third-order valence-electron chi connectivity index (χ3n) is 4.25. The number of pyridine rings is 1. The Morgan fingerprint density at radius 2 is 1.77 bits per heavy atom. The van der Waals surface area contributed by atoms with Crippen molar-refractivity contribution in [1.82, 2.24) is 10.3 Å². The summed E-state index contributed by atoms with van der Waals surface area (Å²) in [7, 11) is 1.33. The molecule has 26 heavy (non-hydrogen) atoms. The molecule has 0 fully saturated rings. The average molecular weight is 348 g/mol. The zero-order chi connectivity index (χ0) is 18.4. The molecule has 0 spiro atoms. The van der Waals surface area contributed by atoms with E-state index in [4.69, 9.17) is 4.74 Å². The lowest BCUT2D eigenvalue weighted by Crippen LogP contribution is -2.42. The van der Waals surface area contributed by atoms with Gasteiger partial charge in [0.25, 0.3) is 5.91 Å². The number of esters is 1. The number of amides is 1. The van der Waals surface area contributed by atoms with Gasteiger partial charge < -0.3 is 10.1 Å². The van der Waals surface area contributed by atoms with Crippen molar-refractivity contribution in [3.8, 4) is 0 Å². The van der Waals surface area contributed by atoms with E-state index < -0.39 is 12.0 Å². The zero-order valence-corrected chi connectivity index (χ0v) is 14.5. The Morgan fingerprint density at radius 1 is 1.04 bits per heavy atom. The van der Waals surface area contributed by atoms with E-state index in [9.17, 15) is 9.59 Å². The minimum Gasteiger partial charge on any atom is -0.467 e. The zero-order valence-electron chi connectivity index (χ0n) is 14.5. The van der Waals surface area contributed by atoms with Crippen molar-refractivity contribution in [2.45, 2.75) is 18.9 Å². The van der Waals surface area contributed by atoms with Gasteiger partial charge >= 0.3 is 5.97 Å². The van der Waals surface area contributed by atoms with Crippen LogP contribution in [0.1, 0.15) is 22.3 Å². The number of benzene rings is 2. The summed E-state index contributed by atoms with van der Waals surface area (Å²) in [4.78, 5) is 29.1. The highest BCUT2D eigenvalue weighted by molar-refractivity contribution is 6.07. The SMILES string of the molecule is COC(=O)[C@H](CCc1ccccc1)NC(=O)c1ccnc2ccccc12. The molecule has 1 N–H and O–H groups in total. The molecule has 1 aromatic heterocycles. The van der Waals surface area contributed by atoms with Crippen LogP contribution in [0.4, 0.5) is 0 Å². The van der Waals surface area contributed by atoms with Crippen LogP contribution in [0, 0.1) is 0 Å². The number of carbonyl (C=O) groups excluding carboxylic acids is 2. The number of methoxy groups -OCH3 is 1. The maximum atomic E-state index is 12.8. The summed E-state index contributed by atoms with van der Waals surface area (Å²) >= 11 is 0. The summed E-state index contributed by atoms with van der Waals surface area (Å²) in [6.07, 6.45) is 2.72. The first-order chi connectivity index (χ1) is 12.7. The summed E-state index contributed by atoms with van der Waals surface area (Å²) in [5.74, 6) is -0.764. The molecule has 0 radical (unpaired) electrons. The summed E-state index contributed by atoms with van der Waals surface area (Å²) in [5.41, 5.74) is 2.33. The van der Waals surface area contributed by atoms with E-state index in [2.05, 4.69) is 10.3 Å². The van der Waals surface area contributed by atoms with Crippen molar-refractivity contribution in [1.29, 1.82) is 0 Å². The fraction of sp³-hybridized carbons (Fsp3) is 0.190. The van der Waals surface area contributed by atoms with Crippen molar-refractivity contribution in [2.24, 2.45) is 0 Å². The number of hydrogen-bond acceptors (Lipinski definition) is 4. The molecule has 0 bridgehead atoms. The molecule has 1 amide bonds. The van der Waals surface area contributed by atoms with Gasteiger partial charge in [0, 0.05) is 11.6 Å². The Balaban J connectivity index is 1.77. The van der Waals surface area contributed by atoms with Gasteiger partial charge in [0.05, 0.1) is 18.2 Å². The third-order valence-corrected chi connectivity index (χ3v) is 4.25. The molecule has 5 heteroatoms. The van der Waals surface area contributed by atoms with Crippen LogP contribution >= 0.6 is 0 Å². The minimum atomic E-state index is -0.709. The van der Waals surface area contributed by atoms with E-state index in [0.29, 0.717) is 18.4 Å². The van der Waals surface area contributed by atoms with Gasteiger partial charge in [0.2, 0.25) is 0 Å². The van der Waals surface area contributed by atoms with Crippen LogP contribution in [0.2, 0.25) is 0 Å². The first-order valence-corrected chi connectivity index (χ1v) is 8.45. The number of para-hydroxylation sites is 1. The lowest BCUT2D eigenvalue weighted by molar-refractivity contribution is -0.143. The second kappa shape index (κ2) is 8.25. The molecule has 0 aliphatic carbocycles. The monoisotopic (exact) mass is 348 g/mol. The molecule has 0 unspecified atom stereocenters. The van der Waals surface area contributed by atoms with Crippen LogP contribution < -0.4 is 5.32 Å². The number of aromatic nitrogens is 1. The fourth-order valence-corrected chi connectivity index (χ4v) is 2.88. The van der Waals surface area contributed by atoms with E-state index in [0.717, 1.165) is 16.5 Å². The Labute approximate surface area is 152 Å². The van der Waals surface area contributed by atoms with E-state index in [1.54, 1.807) is 12.3 Å². The lowest BCUT2D eigenvalue weighted by Gasteiger charge is -2.17. The van der Waals surface area contributed by atoms with E-state index >= 15 is 0 Å². The Hall–Kier alpha value is -3.21. The maximum absolute atomic E-state index is 12.8. The summed E-state index contributed by atoms with van der Waals surface area (Å²) in [6.45, 7) is 0. The van der Waals surface area contributed by atoms with Crippen LogP contribution in [0.5, 0.6) is 0 Å². The second-order valence-electron chi connectivity index (χ2n) is 5.95. The van der Waals surface area contributed by atoms with Crippen LogP contribution in [0.15, 0.2) is 66.9 Å². The Bertz CT molecular complexity index is 904. The molecule has 1 atom stereocenters. The number of rotatable bonds is 6. The fourth-order valence-electron chi connectivity index (χ4n) is 2.88. The molecular weight excluding hydrogens is 328 g/mol. The van der Waals surface area contributed by atoms with Gasteiger partial charge in [-0.05, 0) is 30.5 Å². The molecule has 1 heterocycles. The molecule has 3 rings (SSSR count). The van der Waals surface area contributed by atoms with Crippen LogP contribution in [0.3, 0.4) is 0 Å². The Morgan fingerprint density at radius 3 is 2.54 bits per heavy atom. The lowest BCUT2D eigenvalue weighted by atomic mass is 10.0. The highest BCUT2D eigenvalue weighted by Crippen LogP contribution is 2.16. The largest absolute Gasteiger partial charge is 0.467 e. The molecule has 0 saturated heterocycles. The van der Waals surface area contributed by atoms with Crippen LogP contribution in [-0.2, 0) is 16.0 Å². The summed E-state index contributed by atoms with van der Waals surface area (Å²) < 4.78 is 4.86. The molecule has 0 aliphatic heterocycles. The van der Waals surface area contributed by atoms with Crippen LogP contribution in [0.25, 0.3) is 10.9 Å². The minimum absolute atomic E-state index is 0.313. The van der Waals surface area contributed by atoms with Crippen molar-refractivity contribution in [3.63, 3.8) is 0 Å². The number of nitrogens with one attached hydrogen (secondary N) is 1. The average Bonchev–Trinajstić information content (AvgIpc) is 2.70. The van der Waals surface area contributed by atoms with Crippen molar-refractivity contribution in [2.75, 3.05) is 7.11 Å². The number of fused-ring (bicyclic) bond motifs is 1. The van der Waals surface area contributed by atoms with E-state index in [1.165, 1.54) is 7.11 Å². The van der Waals surface area contributed by atoms with Gasteiger partial charge in [-0.25, -0.2) is 4.79 Å². The van der Waals surface area contributed by atoms with E-state index in [1.807, 2.05) is 54.6 Å². The van der Waals surface area contributed by atoms with Crippen molar-refractivity contribution < 1.29 is 14.3 Å². The predicted octanol–water partition coefficient (Wildman–Crippen LogP) is 3.14. The van der Waals surface area contributed by atoms with Gasteiger partial charge in [-0.15, -0.1) is 0 Å². The highest BCUT2D eigenvalue weighted by Gasteiger charge is 2.23. The van der Waals surface area contributed by atoms with Crippen molar-refractivity contribution in [3.05, 3.63) is 78.0 Å². The first kappa shape index (κ1) is 17.6. The number of aryl methyl sites for hydroxylation is 1. The van der Waals surface area contributed by atoms with Gasteiger partial charge in [0.15, 0.2) is 0 Å². The molecule has 132 valence electrons. The standard InChI is InChI=1S/C21H20N2O3/c1-26-21(25)19(12-11-15-7-3-2-4-8-15)23-20(24)17-13-14-22-18-10-6-5-9-16(17)18/h2-10,13-14,19H,11-12H2,1H3,(H,23,24)/t19-/m0/s1. The molecule has 5 nitrogen and oxygen atoms in total. The van der Waals surface area contributed by atoms with Crippen molar-refractivity contribution >= 4 is 22.8 Å². The quantitative estimate of drug-likeness (QED) is 0.695. The highest BCUT2D eigenvalue weighted by atomic mass is 16.5. The molecule has 3 aromatic rings. The van der Waals surface area contributed by atoms with Crippen LogP contribution in [-0.4, -0.2) is 30.0 Å². The maximum Gasteiger partial charge on any atom is 0.328 e. The second-order valence-corrected chi connectivity index (χ2v) is 5.95. The summed E-state index contributed by atoms with van der Waals surface area (Å²) in [6, 6.07) is 18.2. The summed E-state index contributed by atoms with van der Waals surface area (Å²) in [5, 5.41) is 3.55. The first-order valence-electron chi connectivity index (χ1n) is 8.45. The van der Waals surface area contributed by atoms with Gasteiger partial charge in [-0.1, -0.05) is 48.5 Å². The third kappa shape index (κ3) is 4.06. The normalized spacial score (nSPS) is 11.7. The molecule has 2 aromatic carbocycles. The van der Waals surface area contributed by atoms with Gasteiger partial charge in [0.1, 0.15) is 6.04 Å². The number of nitrogens with zero attached hydrogens (tertiary/aromatic N) is 1. The molecular formula is C21H20N2O3.